The molecule has 0 radical (unpaired) electrons. The van der Waals surface area contributed by atoms with Crippen LogP contribution in [0.5, 0.6) is 0 Å². The molecule has 0 spiro atoms. The first kappa shape index (κ1) is 15.4. The lowest BCUT2D eigenvalue weighted by Gasteiger charge is -2.18. The molecule has 0 saturated carbocycles. The van der Waals surface area contributed by atoms with Crippen LogP contribution in [-0.2, 0) is 10.0 Å². The first-order valence-electron chi connectivity index (χ1n) is 7.46. The third kappa shape index (κ3) is 3.46. The van der Waals surface area contributed by atoms with Crippen LogP contribution in [0.4, 0.5) is 11.4 Å². The lowest BCUT2D eigenvalue weighted by Crippen LogP contribution is -2.17. The first-order valence-corrected chi connectivity index (χ1v) is 8.95. The topological polar surface area (TPSA) is 73.2 Å². The predicted molar refractivity (Wildman–Crippen MR) is 89.9 cm³/mol. The van der Waals surface area contributed by atoms with Crippen molar-refractivity contribution in [3.8, 4) is 6.07 Å². The van der Waals surface area contributed by atoms with Gasteiger partial charge >= 0.3 is 0 Å². The van der Waals surface area contributed by atoms with E-state index in [9.17, 15) is 8.42 Å². The Bertz CT molecular complexity index is 833. The molecule has 23 heavy (non-hydrogen) atoms. The minimum Gasteiger partial charge on any atom is -0.372 e. The predicted octanol–water partition coefficient (Wildman–Crippen LogP) is 2.96. The summed E-state index contributed by atoms with van der Waals surface area (Å²) in [4.78, 5) is 2.37. The average molecular weight is 327 g/mol. The van der Waals surface area contributed by atoms with Gasteiger partial charge in [0, 0.05) is 24.5 Å². The minimum atomic E-state index is -3.69. The highest BCUT2D eigenvalue weighted by Gasteiger charge is 2.16. The Morgan fingerprint density at radius 2 is 1.74 bits per heavy atom. The van der Waals surface area contributed by atoms with Crippen molar-refractivity contribution in [2.75, 3.05) is 22.7 Å². The summed E-state index contributed by atoms with van der Waals surface area (Å²) in [5.41, 5.74) is 1.93. The van der Waals surface area contributed by atoms with E-state index in [0.717, 1.165) is 18.8 Å². The molecule has 1 heterocycles. The third-order valence-electron chi connectivity index (χ3n) is 3.86. The minimum absolute atomic E-state index is 0.0835. The number of nitriles is 1. The first-order chi connectivity index (χ1) is 11.1. The fraction of sp³-hybridized carbons (Fsp3) is 0.235. The number of nitrogens with one attached hydrogen (secondary N) is 1. The third-order valence-corrected chi connectivity index (χ3v) is 5.24. The molecular weight excluding hydrogens is 310 g/mol. The second-order valence-electron chi connectivity index (χ2n) is 5.49. The number of sulfonamides is 1. The number of nitrogens with zero attached hydrogens (tertiary/aromatic N) is 2. The smallest absolute Gasteiger partial charge is 0.261 e. The van der Waals surface area contributed by atoms with Gasteiger partial charge in [-0.25, -0.2) is 8.42 Å². The molecular formula is C17H17N3O2S. The molecule has 0 atom stereocenters. The molecule has 118 valence electrons. The van der Waals surface area contributed by atoms with E-state index in [1.807, 2.05) is 18.2 Å². The highest BCUT2D eigenvalue weighted by molar-refractivity contribution is 7.92. The molecule has 0 aliphatic carbocycles. The fourth-order valence-corrected chi connectivity index (χ4v) is 3.77. The van der Waals surface area contributed by atoms with E-state index in [0.29, 0.717) is 11.3 Å². The van der Waals surface area contributed by atoms with Gasteiger partial charge in [-0.2, -0.15) is 5.26 Å². The van der Waals surface area contributed by atoms with E-state index in [2.05, 4.69) is 9.62 Å². The summed E-state index contributed by atoms with van der Waals surface area (Å²) in [6.45, 7) is 2.10. The number of anilines is 2. The molecule has 2 aromatic carbocycles. The molecule has 0 amide bonds. The van der Waals surface area contributed by atoms with Gasteiger partial charge in [0.25, 0.3) is 10.0 Å². The van der Waals surface area contributed by atoms with Gasteiger partial charge in [0.1, 0.15) is 0 Å². The SMILES string of the molecule is N#Cc1cccc(S(=O)(=O)Nc2ccc(N3CCCC3)cc2)c1. The van der Waals surface area contributed by atoms with Crippen molar-refractivity contribution < 1.29 is 8.42 Å². The van der Waals surface area contributed by atoms with E-state index in [-0.39, 0.29) is 4.90 Å². The normalized spacial score (nSPS) is 14.5. The number of rotatable bonds is 4. The number of hydrogen-bond donors (Lipinski definition) is 1. The highest BCUT2D eigenvalue weighted by Crippen LogP contribution is 2.23. The van der Waals surface area contributed by atoms with Crippen LogP contribution in [0, 0.1) is 11.3 Å². The molecule has 5 nitrogen and oxygen atoms in total. The van der Waals surface area contributed by atoms with Crippen molar-refractivity contribution in [1.82, 2.24) is 0 Å². The zero-order chi connectivity index (χ0) is 16.3. The monoisotopic (exact) mass is 327 g/mol. The van der Waals surface area contributed by atoms with E-state index >= 15 is 0 Å². The molecule has 1 aliphatic rings. The van der Waals surface area contributed by atoms with E-state index in [4.69, 9.17) is 5.26 Å². The van der Waals surface area contributed by atoms with Crippen LogP contribution < -0.4 is 9.62 Å². The maximum atomic E-state index is 12.4. The van der Waals surface area contributed by atoms with Crippen LogP contribution in [-0.4, -0.2) is 21.5 Å². The van der Waals surface area contributed by atoms with Gasteiger partial charge in [0.2, 0.25) is 0 Å². The molecule has 1 saturated heterocycles. The Hall–Kier alpha value is -2.52. The quantitative estimate of drug-likeness (QED) is 0.937. The Morgan fingerprint density at radius 3 is 2.39 bits per heavy atom. The summed E-state index contributed by atoms with van der Waals surface area (Å²) < 4.78 is 27.3. The van der Waals surface area contributed by atoms with Gasteiger partial charge in [-0.1, -0.05) is 6.07 Å². The molecule has 6 heteroatoms. The van der Waals surface area contributed by atoms with Crippen molar-refractivity contribution in [3.05, 3.63) is 54.1 Å². The maximum absolute atomic E-state index is 12.4. The second kappa shape index (κ2) is 6.31. The Kier molecular flexibility index (Phi) is 4.22. The summed E-state index contributed by atoms with van der Waals surface area (Å²) in [7, 11) is -3.69. The van der Waals surface area contributed by atoms with Gasteiger partial charge in [-0.15, -0.1) is 0 Å². The molecule has 2 aromatic rings. The van der Waals surface area contributed by atoms with Gasteiger partial charge < -0.3 is 4.90 Å². The van der Waals surface area contributed by atoms with Crippen LogP contribution in [0.15, 0.2) is 53.4 Å². The van der Waals surface area contributed by atoms with Crippen LogP contribution >= 0.6 is 0 Å². The molecule has 1 N–H and O–H groups in total. The molecule has 3 rings (SSSR count). The molecule has 1 fully saturated rings. The maximum Gasteiger partial charge on any atom is 0.261 e. The number of benzene rings is 2. The van der Waals surface area contributed by atoms with E-state index < -0.39 is 10.0 Å². The second-order valence-corrected chi connectivity index (χ2v) is 7.17. The van der Waals surface area contributed by atoms with E-state index in [1.54, 1.807) is 24.3 Å². The Labute approximate surface area is 136 Å². The van der Waals surface area contributed by atoms with Crippen molar-refractivity contribution in [2.45, 2.75) is 17.7 Å². The molecule has 1 aliphatic heterocycles. The van der Waals surface area contributed by atoms with Crippen molar-refractivity contribution in [2.24, 2.45) is 0 Å². The van der Waals surface area contributed by atoms with Gasteiger partial charge in [0.15, 0.2) is 0 Å². The molecule has 0 bridgehead atoms. The summed E-state index contributed by atoms with van der Waals surface area (Å²) in [5, 5.41) is 8.88. The van der Waals surface area contributed by atoms with Gasteiger partial charge in [-0.05, 0) is 55.3 Å². The standard InChI is InChI=1S/C17H17N3O2S/c18-13-14-4-3-5-17(12-14)23(21,22)19-15-6-8-16(9-7-15)20-10-1-2-11-20/h3-9,12,19H,1-2,10-11H2. The molecule has 0 unspecified atom stereocenters. The van der Waals surface area contributed by atoms with Crippen molar-refractivity contribution in [1.29, 1.82) is 5.26 Å². The van der Waals surface area contributed by atoms with Crippen LogP contribution in [0.2, 0.25) is 0 Å². The van der Waals surface area contributed by atoms with Crippen LogP contribution in [0.1, 0.15) is 18.4 Å². The van der Waals surface area contributed by atoms with Crippen molar-refractivity contribution in [3.63, 3.8) is 0 Å². The summed E-state index contributed by atoms with van der Waals surface area (Å²) >= 11 is 0. The fourth-order valence-electron chi connectivity index (χ4n) is 2.66. The lowest BCUT2D eigenvalue weighted by atomic mass is 10.2. The number of hydrogen-bond acceptors (Lipinski definition) is 4. The zero-order valence-corrected chi connectivity index (χ0v) is 13.4. The summed E-state index contributed by atoms with van der Waals surface area (Å²) in [6, 6.07) is 15.3. The van der Waals surface area contributed by atoms with Crippen LogP contribution in [0.3, 0.4) is 0 Å². The summed E-state index contributed by atoms with van der Waals surface area (Å²) in [6.07, 6.45) is 2.40. The zero-order valence-electron chi connectivity index (χ0n) is 12.6. The van der Waals surface area contributed by atoms with Gasteiger partial charge in [0.05, 0.1) is 16.5 Å². The summed E-state index contributed by atoms with van der Waals surface area (Å²) in [5.74, 6) is 0. The van der Waals surface area contributed by atoms with Crippen LogP contribution in [0.25, 0.3) is 0 Å². The van der Waals surface area contributed by atoms with Gasteiger partial charge in [-0.3, -0.25) is 4.72 Å². The largest absolute Gasteiger partial charge is 0.372 e. The van der Waals surface area contributed by atoms with Crippen molar-refractivity contribution >= 4 is 21.4 Å². The lowest BCUT2D eigenvalue weighted by molar-refractivity contribution is 0.601. The van der Waals surface area contributed by atoms with E-state index in [1.165, 1.54) is 25.0 Å². The Balaban J connectivity index is 1.78. The average Bonchev–Trinajstić information content (AvgIpc) is 3.10. The highest BCUT2D eigenvalue weighted by atomic mass is 32.2. The Morgan fingerprint density at radius 1 is 1.04 bits per heavy atom. The molecule has 0 aromatic heterocycles.